The summed E-state index contributed by atoms with van der Waals surface area (Å²) >= 11 is 0. The monoisotopic (exact) mass is 704 g/mol. The van der Waals surface area contributed by atoms with Crippen molar-refractivity contribution in [3.63, 3.8) is 0 Å². The Morgan fingerprint density at radius 2 is 1.50 bits per heavy atom. The van der Waals surface area contributed by atoms with E-state index in [9.17, 15) is 14.4 Å². The first-order chi connectivity index (χ1) is 25.4. The van der Waals surface area contributed by atoms with Crippen LogP contribution in [0.3, 0.4) is 0 Å². The van der Waals surface area contributed by atoms with Gasteiger partial charge in [0.1, 0.15) is 24.9 Å². The lowest BCUT2D eigenvalue weighted by Crippen LogP contribution is -2.43. The molecule has 1 aliphatic carbocycles. The molecule has 0 aromatic heterocycles. The molecule has 4 aromatic rings. The summed E-state index contributed by atoms with van der Waals surface area (Å²) in [7, 11) is 0. The normalized spacial score (nSPS) is 19.0. The quantitative estimate of drug-likeness (QED) is 0.0858. The van der Waals surface area contributed by atoms with Gasteiger partial charge in [-0.05, 0) is 47.5 Å². The SMILES string of the molecule is O=C(NCc1cccc(C(=O)NCCO)c1)C1=CC2OC(c3ccccc3)(c3ccccc3)OC2C(OC(=O)c2cccc(C=COCCO)c2)C1. The molecule has 11 nitrogen and oxygen atoms in total. The van der Waals surface area contributed by atoms with Gasteiger partial charge in [0.2, 0.25) is 11.7 Å². The minimum absolute atomic E-state index is 0.0555. The van der Waals surface area contributed by atoms with Crippen molar-refractivity contribution in [2.75, 3.05) is 26.4 Å². The zero-order valence-corrected chi connectivity index (χ0v) is 28.4. The van der Waals surface area contributed by atoms with Gasteiger partial charge in [-0.2, -0.15) is 0 Å². The second-order valence-electron chi connectivity index (χ2n) is 12.2. The average Bonchev–Trinajstić information content (AvgIpc) is 3.60. The van der Waals surface area contributed by atoms with Crippen molar-refractivity contribution >= 4 is 23.9 Å². The number of rotatable bonds is 14. The maximum absolute atomic E-state index is 13.8. The van der Waals surface area contributed by atoms with Crippen LogP contribution in [0, 0.1) is 0 Å². The van der Waals surface area contributed by atoms with Gasteiger partial charge in [0.25, 0.3) is 5.91 Å². The van der Waals surface area contributed by atoms with Gasteiger partial charge in [-0.3, -0.25) is 9.59 Å². The maximum atomic E-state index is 13.8. The Balaban J connectivity index is 1.27. The molecule has 3 atom stereocenters. The van der Waals surface area contributed by atoms with Crippen LogP contribution in [0.2, 0.25) is 0 Å². The summed E-state index contributed by atoms with van der Waals surface area (Å²) in [5.41, 5.74) is 3.92. The van der Waals surface area contributed by atoms with E-state index < -0.39 is 30.1 Å². The number of aliphatic hydroxyl groups excluding tert-OH is 2. The van der Waals surface area contributed by atoms with Crippen molar-refractivity contribution in [3.8, 4) is 0 Å². The number of amides is 2. The third-order valence-corrected chi connectivity index (χ3v) is 8.67. The predicted octanol–water partition coefficient (Wildman–Crippen LogP) is 4.25. The summed E-state index contributed by atoms with van der Waals surface area (Å²) in [5.74, 6) is -2.66. The van der Waals surface area contributed by atoms with Crippen LogP contribution in [0.4, 0.5) is 0 Å². The Morgan fingerprint density at radius 1 is 0.788 bits per heavy atom. The molecule has 52 heavy (non-hydrogen) atoms. The Labute approximate surface area is 301 Å². The highest BCUT2D eigenvalue weighted by atomic mass is 16.8. The van der Waals surface area contributed by atoms with Crippen LogP contribution in [0.15, 0.2) is 127 Å². The highest BCUT2D eigenvalue weighted by Gasteiger charge is 2.55. The number of benzene rings is 4. The first-order valence-electron chi connectivity index (χ1n) is 17.0. The fourth-order valence-electron chi connectivity index (χ4n) is 6.20. The lowest BCUT2D eigenvalue weighted by molar-refractivity contribution is -0.157. The molecular weight excluding hydrogens is 664 g/mol. The van der Waals surface area contributed by atoms with Gasteiger partial charge in [0.15, 0.2) is 0 Å². The summed E-state index contributed by atoms with van der Waals surface area (Å²) in [5, 5.41) is 23.6. The number of hydrogen-bond acceptors (Lipinski definition) is 9. The molecule has 1 fully saturated rings. The molecule has 2 aliphatic rings. The first kappa shape index (κ1) is 36.2. The largest absolute Gasteiger partial charge is 0.499 e. The molecule has 6 rings (SSSR count). The van der Waals surface area contributed by atoms with E-state index in [2.05, 4.69) is 10.6 Å². The Hall–Kier alpha value is -5.59. The van der Waals surface area contributed by atoms with E-state index in [-0.39, 0.29) is 51.1 Å². The number of nitrogens with one attached hydrogen (secondary N) is 2. The third kappa shape index (κ3) is 8.47. The highest BCUT2D eigenvalue weighted by Crippen LogP contribution is 2.47. The number of aliphatic hydroxyl groups is 2. The molecule has 0 saturated carbocycles. The minimum Gasteiger partial charge on any atom is -0.499 e. The van der Waals surface area contributed by atoms with Gasteiger partial charge in [-0.25, -0.2) is 4.79 Å². The van der Waals surface area contributed by atoms with E-state index in [1.54, 1.807) is 60.7 Å². The van der Waals surface area contributed by atoms with E-state index >= 15 is 0 Å². The van der Waals surface area contributed by atoms with Gasteiger partial charge >= 0.3 is 5.97 Å². The molecular formula is C41H40N2O9. The smallest absolute Gasteiger partial charge is 0.338 e. The summed E-state index contributed by atoms with van der Waals surface area (Å²) in [4.78, 5) is 39.9. The van der Waals surface area contributed by atoms with Crippen LogP contribution in [-0.2, 0) is 36.1 Å². The third-order valence-electron chi connectivity index (χ3n) is 8.67. The summed E-state index contributed by atoms with van der Waals surface area (Å²) in [6.07, 6.45) is 2.49. The van der Waals surface area contributed by atoms with Crippen LogP contribution in [0.1, 0.15) is 49.4 Å². The molecule has 0 spiro atoms. The standard InChI is InChI=1S/C41H40N2O9/c44-19-18-42-38(46)30-11-8-10-29(24-30)27-43-39(47)32-25-35(50-40(48)31-12-7-9-28(23-31)17-21-49-22-20-45)37-36(26-32)51-41(52-37,33-13-3-1-4-14-33)34-15-5-2-6-16-34/h1-17,21,23-24,26,35-37,44-45H,18-20,22,25,27H2,(H,42,46)(H,43,47). The molecule has 1 aliphatic heterocycles. The van der Waals surface area contributed by atoms with Crippen molar-refractivity contribution in [2.24, 2.45) is 0 Å². The summed E-state index contributed by atoms with van der Waals surface area (Å²) in [6.45, 7) is 0.122. The highest BCUT2D eigenvalue weighted by molar-refractivity contribution is 5.95. The van der Waals surface area contributed by atoms with Crippen LogP contribution in [0.25, 0.3) is 6.08 Å². The zero-order chi connectivity index (χ0) is 36.3. The van der Waals surface area contributed by atoms with Gasteiger partial charge in [0.05, 0.1) is 25.0 Å². The Morgan fingerprint density at radius 3 is 2.21 bits per heavy atom. The van der Waals surface area contributed by atoms with Gasteiger partial charge in [-0.1, -0.05) is 84.9 Å². The number of esters is 1. The second kappa shape index (κ2) is 17.1. The average molecular weight is 705 g/mol. The Kier molecular flexibility index (Phi) is 11.9. The topological polar surface area (TPSA) is 153 Å². The van der Waals surface area contributed by atoms with Crippen molar-refractivity contribution < 1.29 is 43.5 Å². The minimum atomic E-state index is -1.35. The number of ether oxygens (including phenoxy) is 4. The van der Waals surface area contributed by atoms with E-state index in [0.29, 0.717) is 27.8 Å². The lowest BCUT2D eigenvalue weighted by Gasteiger charge is -2.31. The van der Waals surface area contributed by atoms with Gasteiger partial charge in [-0.15, -0.1) is 0 Å². The van der Waals surface area contributed by atoms with E-state index in [1.807, 2.05) is 60.7 Å². The second-order valence-corrected chi connectivity index (χ2v) is 12.2. The summed E-state index contributed by atoms with van der Waals surface area (Å²) < 4.78 is 25.0. The number of carbonyl (C=O) groups excluding carboxylic acids is 3. The van der Waals surface area contributed by atoms with E-state index in [0.717, 1.165) is 11.1 Å². The molecule has 268 valence electrons. The lowest BCUT2D eigenvalue weighted by atomic mass is 9.91. The van der Waals surface area contributed by atoms with Crippen molar-refractivity contribution in [1.82, 2.24) is 10.6 Å². The first-order valence-corrected chi connectivity index (χ1v) is 17.0. The molecule has 11 heteroatoms. The molecule has 1 heterocycles. The zero-order valence-electron chi connectivity index (χ0n) is 28.4. The molecule has 1 saturated heterocycles. The molecule has 2 amide bonds. The van der Waals surface area contributed by atoms with Crippen LogP contribution >= 0.6 is 0 Å². The number of fused-ring (bicyclic) bond motifs is 1. The van der Waals surface area contributed by atoms with E-state index in [1.165, 1.54) is 6.26 Å². The molecule has 4 N–H and O–H groups in total. The van der Waals surface area contributed by atoms with Crippen molar-refractivity contribution in [3.05, 3.63) is 160 Å². The fraction of sp³-hybridized carbons (Fsp3) is 0.244. The molecule has 4 aromatic carbocycles. The predicted molar refractivity (Wildman–Crippen MR) is 192 cm³/mol. The van der Waals surface area contributed by atoms with E-state index in [4.69, 9.17) is 29.2 Å². The van der Waals surface area contributed by atoms with Crippen molar-refractivity contribution in [1.29, 1.82) is 0 Å². The summed E-state index contributed by atoms with van der Waals surface area (Å²) in [6, 6.07) is 32.7. The molecule has 0 radical (unpaired) electrons. The van der Waals surface area contributed by atoms with Crippen molar-refractivity contribution in [2.45, 2.75) is 37.1 Å². The maximum Gasteiger partial charge on any atom is 0.338 e. The molecule has 3 unspecified atom stereocenters. The molecule has 0 bridgehead atoms. The number of hydrogen-bond donors (Lipinski definition) is 4. The van der Waals surface area contributed by atoms with Gasteiger partial charge < -0.3 is 39.8 Å². The van der Waals surface area contributed by atoms with Crippen LogP contribution in [0.5, 0.6) is 0 Å². The van der Waals surface area contributed by atoms with Gasteiger partial charge in [0, 0.05) is 41.8 Å². The van der Waals surface area contributed by atoms with Crippen LogP contribution in [-0.4, -0.2) is 72.7 Å². The Bertz CT molecular complexity index is 1870. The number of carbonyl (C=O) groups is 3. The van der Waals surface area contributed by atoms with Crippen LogP contribution < -0.4 is 10.6 Å². The fourth-order valence-corrected chi connectivity index (χ4v) is 6.20.